The van der Waals surface area contributed by atoms with Crippen molar-refractivity contribution in [2.24, 2.45) is 4.99 Å². The van der Waals surface area contributed by atoms with Crippen LogP contribution in [0.3, 0.4) is 0 Å². The maximum atomic E-state index is 13.9. The standard InChI is InChI=1S/C17H15Cl2F3N4OS/c1-9-5-6-26(25-9)12-7-10(18)3-4-11(12)15(17(20,21)22)27-14-8-13(19)23-16(24-14)28-2/h3-8,14-15H,1-2H3,(H,23,24)/t14?,15-/m1/s1. The second-order valence-electron chi connectivity index (χ2n) is 5.84. The Labute approximate surface area is 173 Å². The molecule has 0 saturated carbocycles. The lowest BCUT2D eigenvalue weighted by Gasteiger charge is -2.29. The average molecular weight is 451 g/mol. The van der Waals surface area contributed by atoms with Crippen molar-refractivity contribution in [1.82, 2.24) is 15.1 Å². The molecule has 5 nitrogen and oxygen atoms in total. The van der Waals surface area contributed by atoms with Crippen LogP contribution >= 0.6 is 35.0 Å². The summed E-state index contributed by atoms with van der Waals surface area (Å²) in [6, 6.07) is 5.76. The van der Waals surface area contributed by atoms with Crippen molar-refractivity contribution in [1.29, 1.82) is 0 Å². The smallest absolute Gasteiger partial charge is 0.337 e. The molecule has 1 aliphatic rings. The SMILES string of the molecule is CSC1=NC(Cl)=CC(O[C@H](c2ccc(Cl)cc2-n2ccc(C)n2)C(F)(F)F)N1. The van der Waals surface area contributed by atoms with Gasteiger partial charge in [-0.1, -0.05) is 41.0 Å². The predicted octanol–water partition coefficient (Wildman–Crippen LogP) is 5.18. The van der Waals surface area contributed by atoms with Crippen molar-refractivity contribution in [3.8, 4) is 5.69 Å². The van der Waals surface area contributed by atoms with Crippen LogP contribution in [0.1, 0.15) is 17.4 Å². The fourth-order valence-electron chi connectivity index (χ4n) is 2.59. The van der Waals surface area contributed by atoms with Gasteiger partial charge in [0.15, 0.2) is 17.5 Å². The minimum absolute atomic E-state index is 0.0491. The molecule has 1 unspecified atom stereocenters. The van der Waals surface area contributed by atoms with Crippen molar-refractivity contribution in [2.75, 3.05) is 6.26 Å². The lowest BCUT2D eigenvalue weighted by Crippen LogP contribution is -2.40. The van der Waals surface area contributed by atoms with E-state index in [0.29, 0.717) is 10.9 Å². The normalized spacial score (nSPS) is 18.3. The van der Waals surface area contributed by atoms with Crippen molar-refractivity contribution < 1.29 is 17.9 Å². The minimum atomic E-state index is -4.69. The molecule has 2 atom stereocenters. The third kappa shape index (κ3) is 4.83. The van der Waals surface area contributed by atoms with Gasteiger partial charge in [-0.15, -0.1) is 0 Å². The molecule has 28 heavy (non-hydrogen) atoms. The largest absolute Gasteiger partial charge is 0.419 e. The van der Waals surface area contributed by atoms with E-state index in [-0.39, 0.29) is 21.4 Å². The molecule has 0 saturated heterocycles. The van der Waals surface area contributed by atoms with Gasteiger partial charge in [0.2, 0.25) is 0 Å². The third-order valence-electron chi connectivity index (χ3n) is 3.78. The number of benzene rings is 1. The Kier molecular flexibility index (Phi) is 6.28. The van der Waals surface area contributed by atoms with Gasteiger partial charge in [-0.3, -0.25) is 0 Å². The fourth-order valence-corrected chi connectivity index (χ4v) is 3.43. The topological polar surface area (TPSA) is 51.4 Å². The van der Waals surface area contributed by atoms with Crippen molar-refractivity contribution in [2.45, 2.75) is 25.4 Å². The number of alkyl halides is 3. The molecular weight excluding hydrogens is 436 g/mol. The number of nitrogens with one attached hydrogen (secondary N) is 1. The zero-order chi connectivity index (χ0) is 20.5. The first-order valence-electron chi connectivity index (χ1n) is 7.98. The van der Waals surface area contributed by atoms with Crippen LogP contribution in [0.5, 0.6) is 0 Å². The number of nitrogens with zero attached hydrogens (tertiary/aromatic N) is 3. The van der Waals surface area contributed by atoms with Crippen LogP contribution in [0.2, 0.25) is 5.02 Å². The van der Waals surface area contributed by atoms with Gasteiger partial charge in [-0.25, -0.2) is 9.67 Å². The molecule has 11 heteroatoms. The highest BCUT2D eigenvalue weighted by Gasteiger charge is 2.45. The Bertz CT molecular complexity index is 929. The van der Waals surface area contributed by atoms with Crippen LogP contribution in [0, 0.1) is 6.92 Å². The van der Waals surface area contributed by atoms with Gasteiger partial charge in [0, 0.05) is 22.9 Å². The molecule has 1 aromatic carbocycles. The van der Waals surface area contributed by atoms with Crippen molar-refractivity contribution >= 4 is 40.1 Å². The third-order valence-corrected chi connectivity index (χ3v) is 4.82. The molecule has 0 amide bonds. The first kappa shape index (κ1) is 21.0. The zero-order valence-corrected chi connectivity index (χ0v) is 17.0. The molecule has 1 N–H and O–H groups in total. The van der Waals surface area contributed by atoms with E-state index in [0.717, 1.165) is 0 Å². The van der Waals surface area contributed by atoms with E-state index in [1.165, 1.54) is 40.7 Å². The van der Waals surface area contributed by atoms with Gasteiger partial charge < -0.3 is 10.1 Å². The number of aromatic nitrogens is 2. The monoisotopic (exact) mass is 450 g/mol. The first-order valence-corrected chi connectivity index (χ1v) is 9.96. The number of thioether (sulfide) groups is 1. The molecule has 2 heterocycles. The lowest BCUT2D eigenvalue weighted by molar-refractivity contribution is -0.233. The van der Waals surface area contributed by atoms with Crippen LogP contribution in [-0.4, -0.2) is 33.6 Å². The average Bonchev–Trinajstić information content (AvgIpc) is 3.05. The lowest BCUT2D eigenvalue weighted by atomic mass is 10.1. The highest BCUT2D eigenvalue weighted by atomic mass is 35.5. The maximum Gasteiger partial charge on any atom is 0.419 e. The van der Waals surface area contributed by atoms with Crippen LogP contribution < -0.4 is 5.32 Å². The summed E-state index contributed by atoms with van der Waals surface area (Å²) >= 11 is 13.1. The number of rotatable bonds is 4. The minimum Gasteiger partial charge on any atom is -0.337 e. The van der Waals surface area contributed by atoms with E-state index >= 15 is 0 Å². The van der Waals surface area contributed by atoms with E-state index in [9.17, 15) is 13.2 Å². The summed E-state index contributed by atoms with van der Waals surface area (Å²) in [5.74, 6) is 0. The maximum absolute atomic E-state index is 13.9. The molecule has 0 spiro atoms. The van der Waals surface area contributed by atoms with E-state index in [2.05, 4.69) is 15.4 Å². The summed E-state index contributed by atoms with van der Waals surface area (Å²) in [5, 5.41) is 7.65. The number of ether oxygens (including phenoxy) is 1. The van der Waals surface area contributed by atoms with Gasteiger partial charge in [-0.2, -0.15) is 18.3 Å². The fraction of sp³-hybridized carbons (Fsp3) is 0.294. The summed E-state index contributed by atoms with van der Waals surface area (Å²) in [7, 11) is 0. The highest BCUT2D eigenvalue weighted by Crippen LogP contribution is 2.40. The number of hydrogen-bond acceptors (Lipinski definition) is 5. The molecular formula is C17H15Cl2F3N4OS. The first-order chi connectivity index (χ1) is 13.2. The molecule has 3 rings (SSSR count). The summed E-state index contributed by atoms with van der Waals surface area (Å²) in [4.78, 5) is 3.97. The van der Waals surface area contributed by atoms with Crippen LogP contribution in [0.15, 0.2) is 46.7 Å². The number of aryl methyl sites for hydroxylation is 1. The number of hydrogen-bond donors (Lipinski definition) is 1. The number of halogens is 5. The van der Waals surface area contributed by atoms with E-state index in [4.69, 9.17) is 27.9 Å². The molecule has 2 aromatic rings. The molecule has 1 aliphatic heterocycles. The number of amidine groups is 1. The second kappa shape index (κ2) is 8.36. The zero-order valence-electron chi connectivity index (χ0n) is 14.7. The predicted molar refractivity (Wildman–Crippen MR) is 105 cm³/mol. The Hall–Kier alpha value is -1.68. The summed E-state index contributed by atoms with van der Waals surface area (Å²) in [5.41, 5.74) is 0.701. The summed E-state index contributed by atoms with van der Waals surface area (Å²) in [6.07, 6.45) is -3.50. The van der Waals surface area contributed by atoms with Gasteiger partial charge in [0.25, 0.3) is 0 Å². The van der Waals surface area contributed by atoms with E-state index in [1.54, 1.807) is 25.4 Å². The van der Waals surface area contributed by atoms with Crippen LogP contribution in [0.25, 0.3) is 5.69 Å². The van der Waals surface area contributed by atoms with Gasteiger partial charge in [-0.05, 0) is 31.4 Å². The van der Waals surface area contributed by atoms with Gasteiger partial charge in [0.05, 0.1) is 11.4 Å². The summed E-state index contributed by atoms with van der Waals surface area (Å²) in [6.45, 7) is 1.74. The second-order valence-corrected chi connectivity index (χ2v) is 7.46. The van der Waals surface area contributed by atoms with E-state index < -0.39 is 18.5 Å². The quantitative estimate of drug-likeness (QED) is 0.651. The highest BCUT2D eigenvalue weighted by molar-refractivity contribution is 8.13. The van der Waals surface area contributed by atoms with E-state index in [1.807, 2.05) is 0 Å². The Morgan fingerprint density at radius 2 is 2.04 bits per heavy atom. The van der Waals surface area contributed by atoms with Crippen molar-refractivity contribution in [3.63, 3.8) is 0 Å². The molecule has 0 bridgehead atoms. The van der Waals surface area contributed by atoms with Crippen molar-refractivity contribution in [3.05, 3.63) is 58.0 Å². The molecule has 0 fully saturated rings. The molecule has 1 aromatic heterocycles. The molecule has 0 aliphatic carbocycles. The van der Waals surface area contributed by atoms with Gasteiger partial charge in [0.1, 0.15) is 5.16 Å². The molecule has 0 radical (unpaired) electrons. The summed E-state index contributed by atoms with van der Waals surface area (Å²) < 4.78 is 48.5. The Morgan fingerprint density at radius 3 is 2.64 bits per heavy atom. The van der Waals surface area contributed by atoms with Crippen LogP contribution in [-0.2, 0) is 4.74 Å². The Morgan fingerprint density at radius 1 is 1.29 bits per heavy atom. The van der Waals surface area contributed by atoms with Crippen LogP contribution in [0.4, 0.5) is 13.2 Å². The van der Waals surface area contributed by atoms with Gasteiger partial charge >= 0.3 is 6.18 Å². The Balaban J connectivity index is 2.01. The number of aliphatic imine (C=N–C) groups is 1. The molecule has 150 valence electrons.